The SMILES string of the molecule is COc1ccc(NC(=O)COc2ccccc2/C=C2\C(=O)NC(=O)N(c3ccc(F)cc3)C2=O)cc1. The molecule has 0 bridgehead atoms. The van der Waals surface area contributed by atoms with Crippen molar-refractivity contribution in [3.05, 3.63) is 89.8 Å². The van der Waals surface area contributed by atoms with E-state index in [1.165, 1.54) is 25.3 Å². The van der Waals surface area contributed by atoms with Gasteiger partial charge in [0.05, 0.1) is 12.8 Å². The minimum absolute atomic E-state index is 0.0945. The second-order valence-corrected chi connectivity index (χ2v) is 7.54. The predicted molar refractivity (Wildman–Crippen MR) is 129 cm³/mol. The van der Waals surface area contributed by atoms with Gasteiger partial charge in [-0.15, -0.1) is 0 Å². The van der Waals surface area contributed by atoms with Crippen LogP contribution in [-0.4, -0.2) is 37.5 Å². The van der Waals surface area contributed by atoms with Gasteiger partial charge in [0.2, 0.25) is 0 Å². The maximum absolute atomic E-state index is 13.3. The van der Waals surface area contributed by atoms with Crippen LogP contribution in [0.4, 0.5) is 20.6 Å². The van der Waals surface area contributed by atoms with Gasteiger partial charge in [0.25, 0.3) is 17.7 Å². The van der Waals surface area contributed by atoms with Crippen LogP contribution in [0, 0.1) is 5.82 Å². The predicted octanol–water partition coefficient (Wildman–Crippen LogP) is 3.52. The van der Waals surface area contributed by atoms with Crippen molar-refractivity contribution in [2.75, 3.05) is 23.9 Å². The van der Waals surface area contributed by atoms with Crippen LogP contribution in [0.2, 0.25) is 0 Å². The molecule has 0 spiro atoms. The van der Waals surface area contributed by atoms with Crippen molar-refractivity contribution in [1.82, 2.24) is 5.32 Å². The lowest BCUT2D eigenvalue weighted by Crippen LogP contribution is -2.54. The molecule has 182 valence electrons. The Labute approximate surface area is 205 Å². The number of urea groups is 1. The lowest BCUT2D eigenvalue weighted by Gasteiger charge is -2.26. The Bertz CT molecular complexity index is 1350. The molecule has 3 aromatic carbocycles. The third kappa shape index (κ3) is 5.39. The molecule has 0 aliphatic carbocycles. The summed E-state index contributed by atoms with van der Waals surface area (Å²) < 4.78 is 24.0. The van der Waals surface area contributed by atoms with Gasteiger partial charge in [-0.05, 0) is 60.7 Å². The largest absolute Gasteiger partial charge is 0.497 e. The molecule has 5 amide bonds. The number of rotatable bonds is 7. The highest BCUT2D eigenvalue weighted by atomic mass is 19.1. The van der Waals surface area contributed by atoms with Gasteiger partial charge in [-0.3, -0.25) is 19.7 Å². The van der Waals surface area contributed by atoms with E-state index < -0.39 is 29.6 Å². The number of methoxy groups -OCH3 is 1. The van der Waals surface area contributed by atoms with Crippen molar-refractivity contribution >= 4 is 41.2 Å². The summed E-state index contributed by atoms with van der Waals surface area (Å²) in [5.74, 6) is -1.87. The summed E-state index contributed by atoms with van der Waals surface area (Å²) >= 11 is 0. The first kappa shape index (κ1) is 24.1. The summed E-state index contributed by atoms with van der Waals surface area (Å²) in [7, 11) is 1.54. The molecule has 0 aromatic heterocycles. The third-order valence-corrected chi connectivity index (χ3v) is 5.14. The number of nitrogens with one attached hydrogen (secondary N) is 2. The standard InChI is InChI=1S/C26H20FN3O6/c1-35-20-12-8-18(9-13-20)28-23(31)15-36-22-5-3-2-4-16(22)14-21-24(32)29-26(34)30(25(21)33)19-10-6-17(27)7-11-19/h2-14H,15H2,1H3,(H,28,31)(H,29,32,34)/b21-14+. The first-order chi connectivity index (χ1) is 17.4. The molecule has 36 heavy (non-hydrogen) atoms. The van der Waals surface area contributed by atoms with Crippen LogP contribution in [0.5, 0.6) is 11.5 Å². The molecule has 3 aromatic rings. The van der Waals surface area contributed by atoms with Gasteiger partial charge in [-0.25, -0.2) is 14.1 Å². The van der Waals surface area contributed by atoms with Gasteiger partial charge in [-0.1, -0.05) is 18.2 Å². The number of nitrogens with zero attached hydrogens (tertiary/aromatic N) is 1. The van der Waals surface area contributed by atoms with Crippen LogP contribution in [0.25, 0.3) is 6.08 Å². The molecular formula is C26H20FN3O6. The first-order valence-corrected chi connectivity index (χ1v) is 10.7. The van der Waals surface area contributed by atoms with Crippen molar-refractivity contribution in [1.29, 1.82) is 0 Å². The average Bonchev–Trinajstić information content (AvgIpc) is 2.87. The Morgan fingerprint density at radius 2 is 1.69 bits per heavy atom. The Hall–Kier alpha value is -4.99. The normalized spacial score (nSPS) is 14.4. The summed E-state index contributed by atoms with van der Waals surface area (Å²) in [6, 6.07) is 17.0. The lowest BCUT2D eigenvalue weighted by atomic mass is 10.1. The minimum Gasteiger partial charge on any atom is -0.497 e. The summed E-state index contributed by atoms with van der Waals surface area (Å²) in [5, 5.41) is 4.79. The van der Waals surface area contributed by atoms with E-state index in [0.29, 0.717) is 17.0 Å². The minimum atomic E-state index is -0.950. The highest BCUT2D eigenvalue weighted by Gasteiger charge is 2.37. The molecule has 10 heteroatoms. The molecule has 4 rings (SSSR count). The highest BCUT2D eigenvalue weighted by Crippen LogP contribution is 2.26. The summed E-state index contributed by atoms with van der Waals surface area (Å²) in [6.07, 6.45) is 1.26. The van der Waals surface area contributed by atoms with E-state index in [0.717, 1.165) is 17.0 Å². The monoisotopic (exact) mass is 489 g/mol. The van der Waals surface area contributed by atoms with Crippen molar-refractivity contribution < 1.29 is 33.0 Å². The molecule has 0 saturated carbocycles. The highest BCUT2D eigenvalue weighted by molar-refractivity contribution is 6.39. The van der Waals surface area contributed by atoms with Gasteiger partial charge in [0.15, 0.2) is 6.61 Å². The van der Waals surface area contributed by atoms with Gasteiger partial charge < -0.3 is 14.8 Å². The Morgan fingerprint density at radius 3 is 2.39 bits per heavy atom. The molecule has 0 atom stereocenters. The Balaban J connectivity index is 1.51. The van der Waals surface area contributed by atoms with Crippen molar-refractivity contribution in [3.8, 4) is 11.5 Å². The second-order valence-electron chi connectivity index (χ2n) is 7.54. The number of halogens is 1. The smallest absolute Gasteiger partial charge is 0.335 e. The van der Waals surface area contributed by atoms with E-state index in [1.54, 1.807) is 48.5 Å². The number of hydrogen-bond donors (Lipinski definition) is 2. The molecule has 1 heterocycles. The summed E-state index contributed by atoms with van der Waals surface area (Å²) in [4.78, 5) is 50.9. The molecule has 1 saturated heterocycles. The number of para-hydroxylation sites is 1. The quantitative estimate of drug-likeness (QED) is 0.388. The van der Waals surface area contributed by atoms with E-state index in [-0.39, 0.29) is 23.6 Å². The van der Waals surface area contributed by atoms with Gasteiger partial charge in [0.1, 0.15) is 22.9 Å². The maximum atomic E-state index is 13.3. The number of carbonyl (C=O) groups excluding carboxylic acids is 4. The average molecular weight is 489 g/mol. The van der Waals surface area contributed by atoms with E-state index in [2.05, 4.69) is 10.6 Å². The number of barbiturate groups is 1. The molecule has 1 aliphatic heterocycles. The fourth-order valence-corrected chi connectivity index (χ4v) is 3.38. The van der Waals surface area contributed by atoms with Crippen LogP contribution in [0.1, 0.15) is 5.56 Å². The summed E-state index contributed by atoms with van der Waals surface area (Å²) in [5.41, 5.74) is 0.645. The lowest BCUT2D eigenvalue weighted by molar-refractivity contribution is -0.122. The van der Waals surface area contributed by atoms with Gasteiger partial charge in [0, 0.05) is 11.3 Å². The van der Waals surface area contributed by atoms with Crippen molar-refractivity contribution in [2.45, 2.75) is 0 Å². The number of anilines is 2. The summed E-state index contributed by atoms with van der Waals surface area (Å²) in [6.45, 7) is -0.341. The number of ether oxygens (including phenoxy) is 2. The van der Waals surface area contributed by atoms with E-state index in [1.807, 2.05) is 0 Å². The molecule has 0 radical (unpaired) electrons. The van der Waals surface area contributed by atoms with Crippen molar-refractivity contribution in [2.24, 2.45) is 0 Å². The van der Waals surface area contributed by atoms with Crippen LogP contribution >= 0.6 is 0 Å². The first-order valence-electron chi connectivity index (χ1n) is 10.7. The van der Waals surface area contributed by atoms with Crippen LogP contribution < -0.4 is 25.0 Å². The van der Waals surface area contributed by atoms with Crippen LogP contribution in [0.3, 0.4) is 0 Å². The second kappa shape index (κ2) is 10.5. The molecule has 0 unspecified atom stereocenters. The van der Waals surface area contributed by atoms with E-state index >= 15 is 0 Å². The zero-order valence-electron chi connectivity index (χ0n) is 19.0. The van der Waals surface area contributed by atoms with E-state index in [9.17, 15) is 23.6 Å². The Kier molecular flexibility index (Phi) is 7.05. The molecule has 2 N–H and O–H groups in total. The van der Waals surface area contributed by atoms with Gasteiger partial charge >= 0.3 is 6.03 Å². The molecule has 1 fully saturated rings. The fraction of sp³-hybridized carbons (Fsp3) is 0.0769. The zero-order chi connectivity index (χ0) is 25.7. The van der Waals surface area contributed by atoms with Gasteiger partial charge in [-0.2, -0.15) is 0 Å². The Morgan fingerprint density at radius 1 is 1.00 bits per heavy atom. The maximum Gasteiger partial charge on any atom is 0.335 e. The number of benzene rings is 3. The number of amides is 5. The van der Waals surface area contributed by atoms with Crippen LogP contribution in [0.15, 0.2) is 78.4 Å². The number of hydrogen-bond acceptors (Lipinski definition) is 6. The number of imide groups is 2. The van der Waals surface area contributed by atoms with E-state index in [4.69, 9.17) is 9.47 Å². The molecule has 1 aliphatic rings. The van der Waals surface area contributed by atoms with Crippen LogP contribution in [-0.2, 0) is 14.4 Å². The fourth-order valence-electron chi connectivity index (χ4n) is 3.38. The topological polar surface area (TPSA) is 114 Å². The van der Waals surface area contributed by atoms with Crippen molar-refractivity contribution in [3.63, 3.8) is 0 Å². The third-order valence-electron chi connectivity index (χ3n) is 5.14. The molecular weight excluding hydrogens is 469 g/mol. The molecule has 9 nitrogen and oxygen atoms in total. The zero-order valence-corrected chi connectivity index (χ0v) is 19.0. The number of carbonyl (C=O) groups is 4.